The molecule has 2 nitrogen and oxygen atoms in total. The minimum atomic E-state index is -0.335. The second kappa shape index (κ2) is 6.28. The van der Waals surface area contributed by atoms with E-state index < -0.39 is 0 Å². The van der Waals surface area contributed by atoms with Crippen molar-refractivity contribution in [2.75, 3.05) is 6.54 Å². The highest BCUT2D eigenvalue weighted by Crippen LogP contribution is 2.45. The van der Waals surface area contributed by atoms with Crippen LogP contribution in [-0.2, 0) is 0 Å². The lowest BCUT2D eigenvalue weighted by Crippen LogP contribution is -2.41. The van der Waals surface area contributed by atoms with E-state index in [0.717, 1.165) is 6.42 Å². The number of aliphatic hydroxyl groups is 1. The van der Waals surface area contributed by atoms with Gasteiger partial charge in [-0.05, 0) is 36.7 Å². The lowest BCUT2D eigenvalue weighted by Gasteiger charge is -2.43. The van der Waals surface area contributed by atoms with E-state index in [9.17, 15) is 5.11 Å². The summed E-state index contributed by atoms with van der Waals surface area (Å²) in [4.78, 5) is 0. The largest absolute Gasteiger partial charge is 0.392 e. The molecule has 1 aromatic carbocycles. The highest BCUT2D eigenvalue weighted by molar-refractivity contribution is 5.26. The molecule has 3 unspecified atom stereocenters. The van der Waals surface area contributed by atoms with E-state index in [1.807, 2.05) is 0 Å². The molecule has 20 heavy (non-hydrogen) atoms. The summed E-state index contributed by atoms with van der Waals surface area (Å²) in [5.74, 6) is 0.407. The Balaban J connectivity index is 2.20. The molecule has 1 aromatic rings. The Morgan fingerprint density at radius 3 is 2.45 bits per heavy atom. The minimum Gasteiger partial charge on any atom is -0.392 e. The monoisotopic (exact) mass is 275 g/mol. The summed E-state index contributed by atoms with van der Waals surface area (Å²) >= 11 is 0. The van der Waals surface area contributed by atoms with Crippen LogP contribution in [0.25, 0.3) is 0 Å². The van der Waals surface area contributed by atoms with Gasteiger partial charge in [-0.3, -0.25) is 0 Å². The number of hydrogen-bond acceptors (Lipinski definition) is 2. The minimum absolute atomic E-state index is 0.0537. The van der Waals surface area contributed by atoms with E-state index in [2.05, 4.69) is 45.0 Å². The first-order valence-corrected chi connectivity index (χ1v) is 7.90. The van der Waals surface area contributed by atoms with E-state index in [4.69, 9.17) is 5.73 Å². The zero-order valence-corrected chi connectivity index (χ0v) is 13.1. The molecule has 0 aromatic heterocycles. The van der Waals surface area contributed by atoms with Crippen LogP contribution in [0.3, 0.4) is 0 Å². The summed E-state index contributed by atoms with van der Waals surface area (Å²) in [6.07, 6.45) is 4.51. The van der Waals surface area contributed by atoms with Gasteiger partial charge in [0, 0.05) is 12.5 Å². The maximum absolute atomic E-state index is 10.9. The normalized spacial score (nSPS) is 25.1. The lowest BCUT2D eigenvalue weighted by atomic mass is 9.64. The van der Waals surface area contributed by atoms with Gasteiger partial charge in [0.25, 0.3) is 0 Å². The number of nitrogens with two attached hydrogens (primary N) is 1. The van der Waals surface area contributed by atoms with Crippen LogP contribution in [0.4, 0.5) is 0 Å². The summed E-state index contributed by atoms with van der Waals surface area (Å²) in [5.41, 5.74) is 8.62. The van der Waals surface area contributed by atoms with E-state index in [0.29, 0.717) is 12.5 Å². The van der Waals surface area contributed by atoms with Crippen LogP contribution in [0.1, 0.15) is 56.6 Å². The second-order valence-electron chi connectivity index (χ2n) is 7.08. The number of aryl methyl sites for hydroxylation is 1. The fourth-order valence-electron chi connectivity index (χ4n) is 3.72. The highest BCUT2D eigenvalue weighted by Gasteiger charge is 2.39. The molecule has 0 saturated heterocycles. The van der Waals surface area contributed by atoms with E-state index >= 15 is 0 Å². The van der Waals surface area contributed by atoms with Gasteiger partial charge in [0.2, 0.25) is 0 Å². The lowest BCUT2D eigenvalue weighted by molar-refractivity contribution is -0.00895. The molecule has 0 radical (unpaired) electrons. The molecular weight excluding hydrogens is 246 g/mol. The molecule has 0 amide bonds. The first-order chi connectivity index (χ1) is 9.45. The van der Waals surface area contributed by atoms with Crippen LogP contribution in [0.15, 0.2) is 24.3 Å². The third-order valence-electron chi connectivity index (χ3n) is 5.17. The van der Waals surface area contributed by atoms with Gasteiger partial charge in [-0.25, -0.2) is 0 Å². The van der Waals surface area contributed by atoms with Crippen LogP contribution >= 0.6 is 0 Å². The van der Waals surface area contributed by atoms with E-state index in [1.54, 1.807) is 0 Å². The molecule has 1 saturated carbocycles. The highest BCUT2D eigenvalue weighted by atomic mass is 16.3. The van der Waals surface area contributed by atoms with Crippen molar-refractivity contribution in [1.82, 2.24) is 0 Å². The predicted octanol–water partition coefficient (Wildman–Crippen LogP) is 3.61. The van der Waals surface area contributed by atoms with Gasteiger partial charge in [0.05, 0.1) is 6.10 Å². The van der Waals surface area contributed by atoms with Crippen LogP contribution in [-0.4, -0.2) is 17.8 Å². The molecule has 0 aliphatic heterocycles. The fourth-order valence-corrected chi connectivity index (χ4v) is 3.72. The van der Waals surface area contributed by atoms with Crippen molar-refractivity contribution in [3.63, 3.8) is 0 Å². The molecule has 1 aliphatic rings. The van der Waals surface area contributed by atoms with Gasteiger partial charge in [-0.2, -0.15) is 0 Å². The summed E-state index contributed by atoms with van der Waals surface area (Å²) in [5, 5.41) is 10.9. The average molecular weight is 275 g/mol. The molecule has 0 heterocycles. The third-order valence-corrected chi connectivity index (χ3v) is 5.17. The van der Waals surface area contributed by atoms with Gasteiger partial charge in [0.1, 0.15) is 0 Å². The Labute approximate surface area is 123 Å². The second-order valence-corrected chi connectivity index (χ2v) is 7.08. The quantitative estimate of drug-likeness (QED) is 0.881. The maximum Gasteiger partial charge on any atom is 0.0654 e. The molecule has 0 bridgehead atoms. The Hall–Kier alpha value is -0.860. The van der Waals surface area contributed by atoms with Gasteiger partial charge < -0.3 is 10.8 Å². The Kier molecular flexibility index (Phi) is 4.87. The predicted molar refractivity (Wildman–Crippen MR) is 84.7 cm³/mol. The van der Waals surface area contributed by atoms with Crippen LogP contribution < -0.4 is 5.73 Å². The molecule has 3 atom stereocenters. The standard InChI is InChI=1S/C18H29NO/c1-13-7-9-14(10-8-13)15(12-19)17(20)16-6-4-5-11-18(16,2)3/h7-10,15-17,20H,4-6,11-12,19H2,1-3H3. The van der Waals surface area contributed by atoms with Gasteiger partial charge in [-0.15, -0.1) is 0 Å². The average Bonchev–Trinajstić information content (AvgIpc) is 2.41. The van der Waals surface area contributed by atoms with Gasteiger partial charge >= 0.3 is 0 Å². The fraction of sp³-hybridized carbons (Fsp3) is 0.667. The zero-order chi connectivity index (χ0) is 14.8. The van der Waals surface area contributed by atoms with Crippen molar-refractivity contribution < 1.29 is 5.11 Å². The van der Waals surface area contributed by atoms with Crippen molar-refractivity contribution in [2.24, 2.45) is 17.1 Å². The molecule has 2 rings (SSSR count). The number of benzene rings is 1. The molecule has 3 N–H and O–H groups in total. The number of hydrogen-bond donors (Lipinski definition) is 2. The molecular formula is C18H29NO. The Bertz CT molecular complexity index is 424. The van der Waals surface area contributed by atoms with Crippen molar-refractivity contribution in [1.29, 1.82) is 0 Å². The first-order valence-electron chi connectivity index (χ1n) is 7.90. The first kappa shape index (κ1) is 15.5. The maximum atomic E-state index is 10.9. The Morgan fingerprint density at radius 1 is 1.25 bits per heavy atom. The van der Waals surface area contributed by atoms with Crippen LogP contribution in [0.5, 0.6) is 0 Å². The molecule has 112 valence electrons. The Morgan fingerprint density at radius 2 is 1.90 bits per heavy atom. The summed E-state index contributed by atoms with van der Waals surface area (Å²) in [6.45, 7) is 7.18. The number of aliphatic hydroxyl groups excluding tert-OH is 1. The topological polar surface area (TPSA) is 46.2 Å². The van der Waals surface area contributed by atoms with Crippen molar-refractivity contribution >= 4 is 0 Å². The molecule has 0 spiro atoms. The number of rotatable bonds is 4. The zero-order valence-electron chi connectivity index (χ0n) is 13.1. The van der Waals surface area contributed by atoms with Crippen molar-refractivity contribution in [3.05, 3.63) is 35.4 Å². The van der Waals surface area contributed by atoms with Gasteiger partial charge in [-0.1, -0.05) is 56.5 Å². The van der Waals surface area contributed by atoms with Crippen molar-refractivity contribution in [2.45, 2.75) is 58.5 Å². The van der Waals surface area contributed by atoms with E-state index in [1.165, 1.54) is 30.4 Å². The van der Waals surface area contributed by atoms with Crippen molar-refractivity contribution in [3.8, 4) is 0 Å². The molecule has 1 aliphatic carbocycles. The molecule has 2 heteroatoms. The van der Waals surface area contributed by atoms with Crippen LogP contribution in [0.2, 0.25) is 0 Å². The summed E-state index contributed by atoms with van der Waals surface area (Å²) in [6, 6.07) is 8.45. The SMILES string of the molecule is Cc1ccc(C(CN)C(O)C2CCCCC2(C)C)cc1. The van der Waals surface area contributed by atoms with Crippen LogP contribution in [0, 0.1) is 18.3 Å². The van der Waals surface area contributed by atoms with E-state index in [-0.39, 0.29) is 17.4 Å². The summed E-state index contributed by atoms with van der Waals surface area (Å²) < 4.78 is 0. The van der Waals surface area contributed by atoms with Gasteiger partial charge in [0.15, 0.2) is 0 Å². The molecule has 1 fully saturated rings. The smallest absolute Gasteiger partial charge is 0.0654 e. The third kappa shape index (κ3) is 3.24. The summed E-state index contributed by atoms with van der Waals surface area (Å²) in [7, 11) is 0.